The van der Waals surface area contributed by atoms with Gasteiger partial charge in [-0.05, 0) is 6.42 Å². The van der Waals surface area contributed by atoms with E-state index in [4.69, 9.17) is 4.74 Å². The predicted octanol–water partition coefficient (Wildman–Crippen LogP) is 0.987. The van der Waals surface area contributed by atoms with E-state index in [9.17, 15) is 13.6 Å². The molecule has 0 aromatic rings. The van der Waals surface area contributed by atoms with Crippen LogP contribution in [0.4, 0.5) is 0 Å². The lowest BCUT2D eigenvalue weighted by atomic mass is 10.3. The van der Waals surface area contributed by atoms with Gasteiger partial charge in [0.05, 0.1) is 13.0 Å². The van der Waals surface area contributed by atoms with Crippen LogP contribution in [-0.4, -0.2) is 26.6 Å². The van der Waals surface area contributed by atoms with Crippen LogP contribution < -0.4 is 0 Å². The van der Waals surface area contributed by atoms with Gasteiger partial charge in [-0.1, -0.05) is 31.3 Å². The van der Waals surface area contributed by atoms with E-state index in [-0.39, 0.29) is 6.42 Å². The van der Waals surface area contributed by atoms with Crippen molar-refractivity contribution in [3.63, 3.8) is 0 Å². The van der Waals surface area contributed by atoms with Crippen LogP contribution in [0.25, 0.3) is 0 Å². The zero-order valence-corrected chi connectivity index (χ0v) is 8.76. The van der Waals surface area contributed by atoms with E-state index in [0.717, 1.165) is 12.8 Å². The largest absolute Gasteiger partial charge is 0.772 e. The Balaban J connectivity index is 3.56. The summed E-state index contributed by atoms with van der Waals surface area (Å²) in [5.41, 5.74) is 0. The Kier molecular flexibility index (Phi) is 6.80. The Morgan fingerprint density at radius 1 is 1.62 bits per heavy atom. The average Bonchev–Trinajstić information content (AvgIpc) is 2.04. The first-order valence-electron chi connectivity index (χ1n) is 4.31. The normalized spacial score (nSPS) is 15.0. The van der Waals surface area contributed by atoms with Gasteiger partial charge in [0.15, 0.2) is 0 Å². The van der Waals surface area contributed by atoms with Crippen LogP contribution >= 0.6 is 0 Å². The van der Waals surface area contributed by atoms with Gasteiger partial charge in [0.25, 0.3) is 0 Å². The predicted molar refractivity (Wildman–Crippen MR) is 48.9 cm³/mol. The van der Waals surface area contributed by atoms with Crippen LogP contribution in [0.2, 0.25) is 0 Å². The molecule has 0 aliphatic rings. The molecule has 0 aromatic carbocycles. The van der Waals surface area contributed by atoms with Gasteiger partial charge in [-0.2, -0.15) is 0 Å². The third-order valence-corrected chi connectivity index (χ3v) is 2.37. The standard InChI is InChI=1S/C8H16O4S/c1-3-4-5-12-8(9)6-7(2)13(10)11/h7H,3-6H2,1-2H3,(H,10,11)/p-1. The minimum Gasteiger partial charge on any atom is -0.772 e. The number of esters is 1. The molecule has 0 N–H and O–H groups in total. The van der Waals surface area contributed by atoms with Crippen LogP contribution in [0.3, 0.4) is 0 Å². The third kappa shape index (κ3) is 6.72. The molecule has 0 radical (unpaired) electrons. The molecule has 0 rings (SSSR count). The third-order valence-electron chi connectivity index (χ3n) is 1.54. The van der Waals surface area contributed by atoms with Crippen molar-refractivity contribution < 1.29 is 18.3 Å². The van der Waals surface area contributed by atoms with Crippen molar-refractivity contribution in [3.8, 4) is 0 Å². The Morgan fingerprint density at radius 2 is 2.23 bits per heavy atom. The summed E-state index contributed by atoms with van der Waals surface area (Å²) in [6, 6.07) is 0. The second-order valence-electron chi connectivity index (χ2n) is 2.85. The van der Waals surface area contributed by atoms with Crippen LogP contribution in [0.5, 0.6) is 0 Å². The molecule has 0 aliphatic carbocycles. The molecule has 5 heteroatoms. The van der Waals surface area contributed by atoms with Gasteiger partial charge in [-0.15, -0.1) is 0 Å². The number of carbonyl (C=O) groups excluding carboxylic acids is 1. The minimum atomic E-state index is -2.19. The molecule has 0 aromatic heterocycles. The Morgan fingerprint density at radius 3 is 2.69 bits per heavy atom. The van der Waals surface area contributed by atoms with Crippen molar-refractivity contribution in [2.75, 3.05) is 6.61 Å². The van der Waals surface area contributed by atoms with E-state index in [1.807, 2.05) is 6.92 Å². The highest BCUT2D eigenvalue weighted by atomic mass is 32.2. The summed E-state index contributed by atoms with van der Waals surface area (Å²) in [7, 11) is 0. The lowest BCUT2D eigenvalue weighted by Crippen LogP contribution is -2.17. The van der Waals surface area contributed by atoms with Crippen molar-refractivity contribution in [1.29, 1.82) is 0 Å². The van der Waals surface area contributed by atoms with Crippen molar-refractivity contribution in [3.05, 3.63) is 0 Å². The second kappa shape index (κ2) is 7.03. The topological polar surface area (TPSA) is 66.4 Å². The second-order valence-corrected chi connectivity index (χ2v) is 4.17. The van der Waals surface area contributed by atoms with E-state index < -0.39 is 22.3 Å². The fraction of sp³-hybridized carbons (Fsp3) is 0.875. The first-order valence-corrected chi connectivity index (χ1v) is 5.45. The lowest BCUT2D eigenvalue weighted by Gasteiger charge is -2.13. The highest BCUT2D eigenvalue weighted by Gasteiger charge is 2.09. The minimum absolute atomic E-state index is 0.0557. The fourth-order valence-electron chi connectivity index (χ4n) is 0.692. The molecule has 0 saturated heterocycles. The Hall–Kier alpha value is -0.420. The maximum Gasteiger partial charge on any atom is 0.306 e. The van der Waals surface area contributed by atoms with Crippen LogP contribution in [0.1, 0.15) is 33.1 Å². The monoisotopic (exact) mass is 207 g/mol. The van der Waals surface area contributed by atoms with Crippen LogP contribution in [0.15, 0.2) is 0 Å². The zero-order valence-electron chi connectivity index (χ0n) is 7.95. The van der Waals surface area contributed by atoms with E-state index in [1.54, 1.807) is 0 Å². The molecule has 2 atom stereocenters. The number of carbonyl (C=O) groups is 1. The van der Waals surface area contributed by atoms with Gasteiger partial charge in [0, 0.05) is 5.25 Å². The summed E-state index contributed by atoms with van der Waals surface area (Å²) in [5.74, 6) is -0.440. The molecule has 0 fully saturated rings. The highest BCUT2D eigenvalue weighted by molar-refractivity contribution is 7.79. The van der Waals surface area contributed by atoms with Gasteiger partial charge < -0.3 is 9.29 Å². The summed E-state index contributed by atoms with van der Waals surface area (Å²) in [4.78, 5) is 10.9. The number of hydrogen-bond acceptors (Lipinski definition) is 4. The maximum absolute atomic E-state index is 10.9. The average molecular weight is 207 g/mol. The summed E-state index contributed by atoms with van der Waals surface area (Å²) in [6.07, 6.45) is 1.72. The maximum atomic E-state index is 10.9. The van der Waals surface area contributed by atoms with Gasteiger partial charge in [-0.25, -0.2) is 0 Å². The van der Waals surface area contributed by atoms with Crippen molar-refractivity contribution in [2.45, 2.75) is 38.4 Å². The highest BCUT2D eigenvalue weighted by Crippen LogP contribution is 2.01. The zero-order chi connectivity index (χ0) is 10.3. The molecule has 13 heavy (non-hydrogen) atoms. The fourth-order valence-corrected chi connectivity index (χ4v) is 0.964. The number of rotatable bonds is 6. The summed E-state index contributed by atoms with van der Waals surface area (Å²) < 4.78 is 25.5. The molecule has 78 valence electrons. The van der Waals surface area contributed by atoms with Crippen molar-refractivity contribution in [2.24, 2.45) is 0 Å². The van der Waals surface area contributed by atoms with Gasteiger partial charge >= 0.3 is 5.97 Å². The quantitative estimate of drug-likeness (QED) is 0.370. The van der Waals surface area contributed by atoms with Crippen molar-refractivity contribution in [1.82, 2.24) is 0 Å². The molecule has 0 heterocycles. The van der Waals surface area contributed by atoms with Crippen LogP contribution in [0, 0.1) is 0 Å². The van der Waals surface area contributed by atoms with Gasteiger partial charge in [0.2, 0.25) is 0 Å². The first-order chi connectivity index (χ1) is 6.07. The Labute approximate surface area is 80.9 Å². The van der Waals surface area contributed by atoms with E-state index in [1.165, 1.54) is 6.92 Å². The molecular weight excluding hydrogens is 192 g/mol. The summed E-state index contributed by atoms with van der Waals surface area (Å²) in [6.45, 7) is 3.85. The van der Waals surface area contributed by atoms with Gasteiger partial charge in [-0.3, -0.25) is 9.00 Å². The van der Waals surface area contributed by atoms with E-state index in [0.29, 0.717) is 6.61 Å². The first kappa shape index (κ1) is 12.6. The molecule has 0 aliphatic heterocycles. The number of hydrogen-bond donors (Lipinski definition) is 0. The molecule has 0 saturated carbocycles. The summed E-state index contributed by atoms with van der Waals surface area (Å²) in [5, 5.41) is -0.658. The van der Waals surface area contributed by atoms with E-state index >= 15 is 0 Å². The Bertz CT molecular complexity index is 181. The van der Waals surface area contributed by atoms with Crippen LogP contribution in [-0.2, 0) is 20.6 Å². The van der Waals surface area contributed by atoms with E-state index in [2.05, 4.69) is 0 Å². The SMILES string of the molecule is CCCCOC(=O)CC(C)S(=O)[O-]. The number of ether oxygens (including phenoxy) is 1. The molecule has 0 spiro atoms. The number of unbranched alkanes of at least 4 members (excludes halogenated alkanes) is 1. The lowest BCUT2D eigenvalue weighted by molar-refractivity contribution is -0.143. The molecule has 4 nitrogen and oxygen atoms in total. The molecular formula is C8H15O4S-. The molecule has 2 unspecified atom stereocenters. The summed E-state index contributed by atoms with van der Waals surface area (Å²) >= 11 is -2.19. The van der Waals surface area contributed by atoms with Crippen molar-refractivity contribution >= 4 is 17.0 Å². The molecule has 0 bridgehead atoms. The van der Waals surface area contributed by atoms with Gasteiger partial charge in [0.1, 0.15) is 0 Å². The smallest absolute Gasteiger partial charge is 0.306 e. The molecule has 0 amide bonds.